The number of hydrogen-bond donors (Lipinski definition) is 1. The van der Waals surface area contributed by atoms with Gasteiger partial charge in [0, 0.05) is 49.6 Å². The third-order valence-corrected chi connectivity index (χ3v) is 6.01. The van der Waals surface area contributed by atoms with Crippen molar-refractivity contribution in [1.82, 2.24) is 19.3 Å². The predicted molar refractivity (Wildman–Crippen MR) is 136 cm³/mol. The van der Waals surface area contributed by atoms with E-state index < -0.39 is 5.60 Å². The Bertz CT molecular complexity index is 1220. The number of morpholine rings is 1. The van der Waals surface area contributed by atoms with E-state index >= 15 is 0 Å². The van der Waals surface area contributed by atoms with Gasteiger partial charge in [0.1, 0.15) is 5.60 Å². The van der Waals surface area contributed by atoms with Crippen molar-refractivity contribution in [3.8, 4) is 0 Å². The van der Waals surface area contributed by atoms with Crippen molar-refractivity contribution in [2.24, 2.45) is 0 Å². The molecule has 0 aliphatic carbocycles. The summed E-state index contributed by atoms with van der Waals surface area (Å²) in [7, 11) is 0. The maximum atomic E-state index is 12.6. The number of amides is 1. The molecule has 0 bridgehead atoms. The summed E-state index contributed by atoms with van der Waals surface area (Å²) in [4.78, 5) is 26.1. The molecule has 1 N–H and O–H groups in total. The second-order valence-electron chi connectivity index (χ2n) is 9.82. The second kappa shape index (κ2) is 9.58. The molecule has 9 nitrogen and oxygen atoms in total. The number of imidazole rings is 1. The maximum absolute atomic E-state index is 12.6. The Hall–Kier alpha value is -3.59. The van der Waals surface area contributed by atoms with Crippen LogP contribution in [0.25, 0.3) is 11.2 Å². The molecule has 0 unspecified atom stereocenters. The number of benzene rings is 1. The van der Waals surface area contributed by atoms with Crippen molar-refractivity contribution in [3.05, 3.63) is 54.6 Å². The number of nitrogens with zero attached hydrogens (tertiary/aromatic N) is 5. The van der Waals surface area contributed by atoms with Crippen LogP contribution in [0.5, 0.6) is 0 Å². The largest absolute Gasteiger partial charge is 0.444 e. The highest BCUT2D eigenvalue weighted by molar-refractivity contribution is 5.77. The highest BCUT2D eigenvalue weighted by atomic mass is 16.6. The van der Waals surface area contributed by atoms with Gasteiger partial charge in [-0.2, -0.15) is 0 Å². The van der Waals surface area contributed by atoms with Gasteiger partial charge in [-0.3, -0.25) is 0 Å². The van der Waals surface area contributed by atoms with E-state index in [9.17, 15) is 4.79 Å². The molecule has 0 atom stereocenters. The van der Waals surface area contributed by atoms with Gasteiger partial charge in [-0.1, -0.05) is 6.08 Å². The first-order valence-electron chi connectivity index (χ1n) is 12.1. The molecule has 9 heteroatoms. The number of carbonyl (C=O) groups is 1. The van der Waals surface area contributed by atoms with Crippen molar-refractivity contribution >= 4 is 34.5 Å². The smallest absolute Gasteiger partial charge is 0.410 e. The van der Waals surface area contributed by atoms with Crippen LogP contribution in [-0.4, -0.2) is 70.4 Å². The van der Waals surface area contributed by atoms with E-state index in [4.69, 9.17) is 14.5 Å². The standard InChI is InChI=1S/C26H32N6O3/c1-26(2,3)35-25(33)32-11-4-5-19(17-32)22-18-31-12-10-27-24(31)23(29-22)28-20-6-8-21(9-7-20)30-13-15-34-16-14-30/h5-10,12,18H,4,11,13-17H2,1-3H3,(H,28,29). The van der Waals surface area contributed by atoms with Crippen LogP contribution in [0, 0.1) is 0 Å². The van der Waals surface area contributed by atoms with Crippen LogP contribution in [0.15, 0.2) is 48.9 Å². The SMILES string of the molecule is CC(C)(C)OC(=O)N1CCC=C(c2cn3ccnc3c(Nc3ccc(N4CCOCC4)cc3)n2)C1. The number of rotatable bonds is 4. The minimum Gasteiger partial charge on any atom is -0.444 e. The highest BCUT2D eigenvalue weighted by Gasteiger charge is 2.25. The maximum Gasteiger partial charge on any atom is 0.410 e. The minimum absolute atomic E-state index is 0.300. The number of carbonyl (C=O) groups excluding carboxylic acids is 1. The van der Waals surface area contributed by atoms with Crippen molar-refractivity contribution in [2.45, 2.75) is 32.8 Å². The number of aromatic nitrogens is 3. The van der Waals surface area contributed by atoms with Crippen LogP contribution < -0.4 is 10.2 Å². The molecule has 4 heterocycles. The van der Waals surface area contributed by atoms with E-state index in [1.165, 1.54) is 5.69 Å². The molecule has 35 heavy (non-hydrogen) atoms. The van der Waals surface area contributed by atoms with Crippen molar-refractivity contribution in [2.75, 3.05) is 49.6 Å². The van der Waals surface area contributed by atoms with E-state index in [0.29, 0.717) is 18.9 Å². The minimum atomic E-state index is -0.527. The molecule has 1 saturated heterocycles. The molecule has 0 radical (unpaired) electrons. The van der Waals surface area contributed by atoms with Gasteiger partial charge in [-0.15, -0.1) is 0 Å². The molecule has 184 valence electrons. The van der Waals surface area contributed by atoms with Gasteiger partial charge in [-0.05, 0) is 57.0 Å². The summed E-state index contributed by atoms with van der Waals surface area (Å²) >= 11 is 0. The fourth-order valence-corrected chi connectivity index (χ4v) is 4.30. The summed E-state index contributed by atoms with van der Waals surface area (Å²) in [6.07, 6.45) is 8.22. The lowest BCUT2D eigenvalue weighted by molar-refractivity contribution is 0.0273. The normalized spacial score (nSPS) is 16.8. The Morgan fingerprint density at radius 3 is 2.63 bits per heavy atom. The first kappa shape index (κ1) is 23.2. The lowest BCUT2D eigenvalue weighted by Gasteiger charge is -2.30. The Balaban J connectivity index is 1.36. The fourth-order valence-electron chi connectivity index (χ4n) is 4.30. The molecular weight excluding hydrogens is 444 g/mol. The molecule has 0 saturated carbocycles. The zero-order chi connectivity index (χ0) is 24.4. The summed E-state index contributed by atoms with van der Waals surface area (Å²) < 4.78 is 13.0. The lowest BCUT2D eigenvalue weighted by atomic mass is 10.1. The molecule has 3 aromatic rings. The molecule has 1 amide bonds. The monoisotopic (exact) mass is 476 g/mol. The molecule has 1 fully saturated rings. The Morgan fingerprint density at radius 2 is 1.89 bits per heavy atom. The van der Waals surface area contributed by atoms with Crippen molar-refractivity contribution < 1.29 is 14.3 Å². The highest BCUT2D eigenvalue weighted by Crippen LogP contribution is 2.27. The average molecular weight is 477 g/mol. The van der Waals surface area contributed by atoms with Gasteiger partial charge >= 0.3 is 6.09 Å². The topological polar surface area (TPSA) is 84.2 Å². The summed E-state index contributed by atoms with van der Waals surface area (Å²) in [6, 6.07) is 8.34. The molecule has 2 aromatic heterocycles. The van der Waals surface area contributed by atoms with Gasteiger partial charge in [0.05, 0.1) is 25.5 Å². The third-order valence-electron chi connectivity index (χ3n) is 6.01. The Labute approximate surface area is 205 Å². The van der Waals surface area contributed by atoms with Crippen molar-refractivity contribution in [1.29, 1.82) is 0 Å². The fraction of sp³-hybridized carbons (Fsp3) is 0.423. The van der Waals surface area contributed by atoms with E-state index in [0.717, 1.165) is 55.3 Å². The first-order valence-corrected chi connectivity index (χ1v) is 12.1. The number of anilines is 3. The van der Waals surface area contributed by atoms with Crippen molar-refractivity contribution in [3.63, 3.8) is 0 Å². The third kappa shape index (κ3) is 5.40. The average Bonchev–Trinajstić information content (AvgIpc) is 3.33. The summed E-state index contributed by atoms with van der Waals surface area (Å²) in [5, 5.41) is 3.44. The van der Waals surface area contributed by atoms with Crippen LogP contribution in [0.1, 0.15) is 32.9 Å². The summed E-state index contributed by atoms with van der Waals surface area (Å²) in [5.41, 5.74) is 4.12. The quantitative estimate of drug-likeness (QED) is 0.600. The Kier molecular flexibility index (Phi) is 6.34. The first-order chi connectivity index (χ1) is 16.9. The molecule has 5 rings (SSSR count). The van der Waals surface area contributed by atoms with Crippen LogP contribution in [0.2, 0.25) is 0 Å². The van der Waals surface area contributed by atoms with E-state index in [2.05, 4.69) is 45.5 Å². The number of fused-ring (bicyclic) bond motifs is 1. The zero-order valence-electron chi connectivity index (χ0n) is 20.5. The van der Waals surface area contributed by atoms with E-state index in [1.807, 2.05) is 37.6 Å². The molecule has 2 aliphatic rings. The van der Waals surface area contributed by atoms with Gasteiger partial charge < -0.3 is 29.0 Å². The van der Waals surface area contributed by atoms with Crippen LogP contribution in [-0.2, 0) is 9.47 Å². The van der Waals surface area contributed by atoms with Crippen LogP contribution in [0.3, 0.4) is 0 Å². The predicted octanol–water partition coefficient (Wildman–Crippen LogP) is 4.33. The number of ether oxygens (including phenoxy) is 2. The second-order valence-corrected chi connectivity index (χ2v) is 9.82. The molecule has 0 spiro atoms. The number of hydrogen-bond acceptors (Lipinski definition) is 7. The molecular formula is C26H32N6O3. The molecule has 1 aromatic carbocycles. The summed E-state index contributed by atoms with van der Waals surface area (Å²) in [5.74, 6) is 0.668. The number of nitrogens with one attached hydrogen (secondary N) is 1. The van der Waals surface area contributed by atoms with Gasteiger partial charge in [0.2, 0.25) is 0 Å². The van der Waals surface area contributed by atoms with Crippen LogP contribution >= 0.6 is 0 Å². The van der Waals surface area contributed by atoms with Crippen LogP contribution in [0.4, 0.5) is 22.0 Å². The van der Waals surface area contributed by atoms with Gasteiger partial charge in [0.25, 0.3) is 0 Å². The Morgan fingerprint density at radius 1 is 1.11 bits per heavy atom. The van der Waals surface area contributed by atoms with E-state index in [1.54, 1.807) is 11.1 Å². The molecule has 2 aliphatic heterocycles. The zero-order valence-corrected chi connectivity index (χ0v) is 20.5. The van der Waals surface area contributed by atoms with Gasteiger partial charge in [0.15, 0.2) is 11.5 Å². The lowest BCUT2D eigenvalue weighted by Crippen LogP contribution is -2.39. The summed E-state index contributed by atoms with van der Waals surface area (Å²) in [6.45, 7) is 10.1. The van der Waals surface area contributed by atoms with Gasteiger partial charge in [-0.25, -0.2) is 14.8 Å². The van der Waals surface area contributed by atoms with E-state index in [-0.39, 0.29) is 6.09 Å².